The molecule has 0 aromatic carbocycles. The van der Waals surface area contributed by atoms with Crippen LogP contribution in [0.2, 0.25) is 0 Å². The van der Waals surface area contributed by atoms with Crippen molar-refractivity contribution in [1.29, 1.82) is 0 Å². The first-order valence-corrected chi connectivity index (χ1v) is 3.31. The van der Waals surface area contributed by atoms with Crippen LogP contribution in [0.5, 0.6) is 0 Å². The van der Waals surface area contributed by atoms with Gasteiger partial charge in [0.1, 0.15) is 12.1 Å². The van der Waals surface area contributed by atoms with E-state index >= 15 is 0 Å². The minimum absolute atomic E-state index is 0.184. The molecule has 0 rings (SSSR count). The SMILES string of the molecule is CCl.ClCOCCl. The predicted octanol–water partition coefficient (Wildman–Crippen LogP) is 2.25. The highest BCUT2D eigenvalue weighted by Crippen LogP contribution is 1.79. The highest BCUT2D eigenvalue weighted by molar-refractivity contribution is 6.18. The summed E-state index contributed by atoms with van der Waals surface area (Å²) in [4.78, 5) is 0. The number of hydrogen-bond acceptors (Lipinski definition) is 1. The van der Waals surface area contributed by atoms with Crippen molar-refractivity contribution in [3.8, 4) is 0 Å². The first kappa shape index (κ1) is 10.7. The van der Waals surface area contributed by atoms with Crippen molar-refractivity contribution in [3.05, 3.63) is 0 Å². The van der Waals surface area contributed by atoms with Gasteiger partial charge in [0.25, 0.3) is 0 Å². The Morgan fingerprint density at radius 1 is 1.14 bits per heavy atom. The highest BCUT2D eigenvalue weighted by atomic mass is 35.5. The molecule has 0 aromatic heterocycles. The molecule has 0 amide bonds. The molecule has 0 saturated carbocycles. The summed E-state index contributed by atoms with van der Waals surface area (Å²) >= 11 is 14.6. The Labute approximate surface area is 58.5 Å². The summed E-state index contributed by atoms with van der Waals surface area (Å²) in [5.74, 6) is 0. The second-order valence-corrected chi connectivity index (χ2v) is 0.859. The van der Waals surface area contributed by atoms with Crippen molar-refractivity contribution < 1.29 is 4.74 Å². The lowest BCUT2D eigenvalue weighted by Gasteiger charge is -1.82. The molecule has 0 saturated heterocycles. The standard InChI is InChI=1S/C2H4Cl2O.CH3Cl/c3-1-5-2-4;1-2/h1-2H2;1H3. The summed E-state index contributed by atoms with van der Waals surface area (Å²) < 4.78 is 4.36. The Kier molecular flexibility index (Phi) is 24.3. The number of halogens is 3. The molecule has 0 fully saturated rings. The second kappa shape index (κ2) is 15.8. The molecule has 7 heavy (non-hydrogen) atoms. The lowest BCUT2D eigenvalue weighted by molar-refractivity contribution is 0.232. The quantitative estimate of drug-likeness (QED) is 0.570. The maximum Gasteiger partial charge on any atom is 0.122 e. The fraction of sp³-hybridized carbons (Fsp3) is 1.00. The lowest BCUT2D eigenvalue weighted by atomic mass is 11.5. The van der Waals surface area contributed by atoms with E-state index in [1.165, 1.54) is 6.38 Å². The summed E-state index contributed by atoms with van der Waals surface area (Å²) in [6.45, 7) is 0. The minimum atomic E-state index is 0.184. The summed E-state index contributed by atoms with van der Waals surface area (Å²) in [5, 5.41) is 0. The zero-order valence-electron chi connectivity index (χ0n) is 3.96. The molecular weight excluding hydrogens is 158 g/mol. The Morgan fingerprint density at radius 3 is 1.43 bits per heavy atom. The van der Waals surface area contributed by atoms with Crippen molar-refractivity contribution in [2.24, 2.45) is 0 Å². The van der Waals surface area contributed by atoms with Crippen molar-refractivity contribution >= 4 is 34.8 Å². The Balaban J connectivity index is 0. The smallest absolute Gasteiger partial charge is 0.122 e. The number of rotatable bonds is 2. The van der Waals surface area contributed by atoms with Crippen LogP contribution in [0, 0.1) is 0 Å². The highest BCUT2D eigenvalue weighted by Gasteiger charge is 1.68. The molecule has 0 aliphatic heterocycles. The van der Waals surface area contributed by atoms with Gasteiger partial charge < -0.3 is 4.74 Å². The molecule has 46 valence electrons. The normalized spacial score (nSPS) is 6.86. The topological polar surface area (TPSA) is 9.23 Å². The summed E-state index contributed by atoms with van der Waals surface area (Å²) in [7, 11) is 0. The van der Waals surface area contributed by atoms with Gasteiger partial charge in [0.15, 0.2) is 0 Å². The molecule has 0 unspecified atom stereocenters. The van der Waals surface area contributed by atoms with Gasteiger partial charge in [0.05, 0.1) is 0 Å². The van der Waals surface area contributed by atoms with Crippen LogP contribution in [0.4, 0.5) is 0 Å². The Bertz CT molecular complexity index is 17.7. The fourth-order valence-electron chi connectivity index (χ4n) is 0.0292. The molecular formula is C3H7Cl3O. The van der Waals surface area contributed by atoms with Gasteiger partial charge in [-0.1, -0.05) is 23.2 Å². The maximum absolute atomic E-state index is 4.99. The van der Waals surface area contributed by atoms with E-state index in [0.717, 1.165) is 0 Å². The lowest BCUT2D eigenvalue weighted by Crippen LogP contribution is -1.78. The predicted molar refractivity (Wildman–Crippen MR) is 34.3 cm³/mol. The van der Waals surface area contributed by atoms with E-state index in [1.807, 2.05) is 0 Å². The zero-order chi connectivity index (χ0) is 6.12. The molecule has 0 aromatic rings. The van der Waals surface area contributed by atoms with Crippen LogP contribution in [-0.4, -0.2) is 18.5 Å². The molecule has 0 heterocycles. The first-order chi connectivity index (χ1) is 3.41. The summed E-state index contributed by atoms with van der Waals surface area (Å²) in [6.07, 6.45) is 1.47. The van der Waals surface area contributed by atoms with E-state index in [2.05, 4.69) is 16.3 Å². The van der Waals surface area contributed by atoms with Gasteiger partial charge in [-0.05, 0) is 0 Å². The van der Waals surface area contributed by atoms with Crippen molar-refractivity contribution in [1.82, 2.24) is 0 Å². The van der Waals surface area contributed by atoms with Crippen LogP contribution < -0.4 is 0 Å². The molecule has 0 spiro atoms. The van der Waals surface area contributed by atoms with Gasteiger partial charge in [-0.15, -0.1) is 11.6 Å². The molecule has 1 nitrogen and oxygen atoms in total. The van der Waals surface area contributed by atoms with E-state index in [1.54, 1.807) is 0 Å². The van der Waals surface area contributed by atoms with Gasteiger partial charge in [-0.2, -0.15) is 0 Å². The summed E-state index contributed by atoms with van der Waals surface area (Å²) in [5.41, 5.74) is 0. The average molecular weight is 165 g/mol. The van der Waals surface area contributed by atoms with E-state index in [4.69, 9.17) is 23.2 Å². The minimum Gasteiger partial charge on any atom is -0.350 e. The number of alkyl halides is 3. The van der Waals surface area contributed by atoms with E-state index in [9.17, 15) is 0 Å². The monoisotopic (exact) mass is 164 g/mol. The molecule has 4 heteroatoms. The molecule has 0 aliphatic carbocycles. The molecule has 0 atom stereocenters. The van der Waals surface area contributed by atoms with Gasteiger partial charge >= 0.3 is 0 Å². The van der Waals surface area contributed by atoms with Gasteiger partial charge in [-0.3, -0.25) is 0 Å². The van der Waals surface area contributed by atoms with Gasteiger partial charge in [-0.25, -0.2) is 0 Å². The van der Waals surface area contributed by atoms with Crippen molar-refractivity contribution in [3.63, 3.8) is 0 Å². The largest absolute Gasteiger partial charge is 0.350 e. The molecule has 0 radical (unpaired) electrons. The van der Waals surface area contributed by atoms with Crippen molar-refractivity contribution in [2.45, 2.75) is 0 Å². The third kappa shape index (κ3) is 19.9. The van der Waals surface area contributed by atoms with Crippen LogP contribution in [0.3, 0.4) is 0 Å². The van der Waals surface area contributed by atoms with Gasteiger partial charge in [0, 0.05) is 6.38 Å². The van der Waals surface area contributed by atoms with E-state index in [0.29, 0.717) is 0 Å². The maximum atomic E-state index is 4.99. The number of ether oxygens (including phenoxy) is 1. The number of hydrogen-bond donors (Lipinski definition) is 0. The third-order valence-corrected chi connectivity index (χ3v) is 0.463. The third-order valence-electron chi connectivity index (χ3n) is 0.154. The summed E-state index contributed by atoms with van der Waals surface area (Å²) in [6, 6.07) is 0.368. The van der Waals surface area contributed by atoms with Crippen molar-refractivity contribution in [2.75, 3.05) is 18.5 Å². The van der Waals surface area contributed by atoms with E-state index < -0.39 is 0 Å². The van der Waals surface area contributed by atoms with Crippen LogP contribution in [0.1, 0.15) is 0 Å². The average Bonchev–Trinajstić information content (AvgIpc) is 1.75. The molecule has 0 N–H and O–H groups in total. The second-order valence-electron chi connectivity index (χ2n) is 0.422. The Hall–Kier alpha value is 0.830. The van der Waals surface area contributed by atoms with Gasteiger partial charge in [0.2, 0.25) is 0 Å². The molecule has 0 bridgehead atoms. The zero-order valence-corrected chi connectivity index (χ0v) is 6.22. The molecule has 0 aliphatic rings. The van der Waals surface area contributed by atoms with E-state index in [-0.39, 0.29) is 12.1 Å². The first-order valence-electron chi connectivity index (χ1n) is 1.49. The fourth-order valence-corrected chi connectivity index (χ4v) is 0.262. The van der Waals surface area contributed by atoms with Crippen LogP contribution >= 0.6 is 34.8 Å². The van der Waals surface area contributed by atoms with Crippen LogP contribution in [-0.2, 0) is 4.74 Å². The Morgan fingerprint density at radius 2 is 1.43 bits per heavy atom. The van der Waals surface area contributed by atoms with Crippen LogP contribution in [0.25, 0.3) is 0 Å². The van der Waals surface area contributed by atoms with Crippen LogP contribution in [0.15, 0.2) is 0 Å².